The van der Waals surface area contributed by atoms with Crippen molar-refractivity contribution in [2.24, 2.45) is 0 Å². The normalized spacial score (nSPS) is 19.7. The van der Waals surface area contributed by atoms with Gasteiger partial charge in [-0.15, -0.1) is 0 Å². The van der Waals surface area contributed by atoms with E-state index in [9.17, 15) is 4.79 Å². The third-order valence-electron chi connectivity index (χ3n) is 3.61. The topological polar surface area (TPSA) is 23.6 Å². The summed E-state index contributed by atoms with van der Waals surface area (Å²) >= 11 is 3.50. The number of benzene rings is 1. The molecule has 0 bridgehead atoms. The summed E-state index contributed by atoms with van der Waals surface area (Å²) in [6, 6.07) is 8.68. The lowest BCUT2D eigenvalue weighted by Crippen LogP contribution is -2.48. The molecule has 1 atom stereocenters. The molecule has 0 N–H and O–H groups in total. The molecule has 1 aliphatic rings. The van der Waals surface area contributed by atoms with Crippen LogP contribution in [-0.2, 0) is 4.79 Å². The summed E-state index contributed by atoms with van der Waals surface area (Å²) in [5.74, 6) is 0.149. The molecule has 4 heteroatoms. The highest BCUT2D eigenvalue weighted by Crippen LogP contribution is 2.24. The molecule has 3 nitrogen and oxygen atoms in total. The van der Waals surface area contributed by atoms with Crippen LogP contribution in [-0.4, -0.2) is 37.0 Å². The number of halogens is 1. The lowest BCUT2D eigenvalue weighted by Gasteiger charge is -2.38. The van der Waals surface area contributed by atoms with Gasteiger partial charge in [0.2, 0.25) is 5.91 Å². The van der Waals surface area contributed by atoms with Crippen LogP contribution in [0.3, 0.4) is 0 Å². The fourth-order valence-electron chi connectivity index (χ4n) is 2.44. The average Bonchev–Trinajstić information content (AvgIpc) is 2.38. The van der Waals surface area contributed by atoms with Crippen LogP contribution in [0.4, 0.5) is 5.69 Å². The number of anilines is 1. The van der Waals surface area contributed by atoms with Gasteiger partial charge in [0, 0.05) is 43.3 Å². The third-order valence-corrected chi connectivity index (χ3v) is 4.11. The van der Waals surface area contributed by atoms with Gasteiger partial charge in [0.25, 0.3) is 0 Å². The zero-order valence-corrected chi connectivity index (χ0v) is 12.5. The molecule has 0 aromatic heterocycles. The maximum Gasteiger partial charge on any atom is 0.219 e. The van der Waals surface area contributed by atoms with Gasteiger partial charge in [-0.25, -0.2) is 0 Å². The number of hydrogen-bond donors (Lipinski definition) is 0. The van der Waals surface area contributed by atoms with Crippen molar-refractivity contribution >= 4 is 27.5 Å². The lowest BCUT2D eigenvalue weighted by molar-refractivity contribution is -0.129. The van der Waals surface area contributed by atoms with Crippen molar-refractivity contribution in [3.05, 3.63) is 28.7 Å². The second kappa shape index (κ2) is 5.74. The Morgan fingerprint density at radius 1 is 1.50 bits per heavy atom. The molecule has 1 amide bonds. The minimum Gasteiger partial charge on any atom is -0.369 e. The molecule has 1 saturated heterocycles. The Kier molecular flexibility index (Phi) is 4.27. The van der Waals surface area contributed by atoms with E-state index >= 15 is 0 Å². The number of amides is 1. The molecule has 1 aromatic rings. The Hall–Kier alpha value is -1.03. The van der Waals surface area contributed by atoms with Gasteiger partial charge >= 0.3 is 0 Å². The number of rotatable bonds is 2. The minimum atomic E-state index is 0.149. The van der Waals surface area contributed by atoms with E-state index in [1.807, 2.05) is 18.0 Å². The third kappa shape index (κ3) is 3.05. The molecule has 0 aliphatic carbocycles. The Balaban J connectivity index is 2.09. The van der Waals surface area contributed by atoms with Crippen LogP contribution in [0.25, 0.3) is 0 Å². The Labute approximate surface area is 117 Å². The molecule has 0 saturated carbocycles. The van der Waals surface area contributed by atoms with Crippen molar-refractivity contribution in [2.75, 3.05) is 25.0 Å². The van der Waals surface area contributed by atoms with Crippen LogP contribution >= 0.6 is 15.9 Å². The number of piperidine rings is 1. The van der Waals surface area contributed by atoms with Gasteiger partial charge in [-0.3, -0.25) is 4.79 Å². The van der Waals surface area contributed by atoms with Gasteiger partial charge in [0.05, 0.1) is 0 Å². The standard InChI is InChI=1S/C14H19BrN2O/c1-11(18)16(2)14-7-4-8-17(10-14)13-6-3-5-12(15)9-13/h3,5-6,9,14H,4,7-8,10H2,1-2H3. The second-order valence-corrected chi connectivity index (χ2v) is 5.77. The van der Waals surface area contributed by atoms with E-state index in [0.29, 0.717) is 6.04 Å². The van der Waals surface area contributed by atoms with E-state index in [4.69, 9.17) is 0 Å². The van der Waals surface area contributed by atoms with Crippen molar-refractivity contribution in [1.82, 2.24) is 4.90 Å². The van der Waals surface area contributed by atoms with Crippen LogP contribution in [0.2, 0.25) is 0 Å². The van der Waals surface area contributed by atoms with Crippen LogP contribution in [0, 0.1) is 0 Å². The Bertz CT molecular complexity index is 436. The quantitative estimate of drug-likeness (QED) is 0.838. The monoisotopic (exact) mass is 310 g/mol. The van der Waals surface area contributed by atoms with Gasteiger partial charge in [0.1, 0.15) is 0 Å². The predicted octanol–water partition coefficient (Wildman–Crippen LogP) is 2.90. The zero-order valence-electron chi connectivity index (χ0n) is 10.9. The number of hydrogen-bond acceptors (Lipinski definition) is 2. The highest BCUT2D eigenvalue weighted by atomic mass is 79.9. The largest absolute Gasteiger partial charge is 0.369 e. The van der Waals surface area contributed by atoms with E-state index in [0.717, 1.165) is 30.4 Å². The maximum atomic E-state index is 11.4. The first kappa shape index (κ1) is 13.4. The average molecular weight is 311 g/mol. The van der Waals surface area contributed by atoms with E-state index < -0.39 is 0 Å². The first-order valence-corrected chi connectivity index (χ1v) is 7.11. The first-order valence-electron chi connectivity index (χ1n) is 6.32. The summed E-state index contributed by atoms with van der Waals surface area (Å²) in [5, 5.41) is 0. The fourth-order valence-corrected chi connectivity index (χ4v) is 2.82. The molecular formula is C14H19BrN2O. The van der Waals surface area contributed by atoms with Gasteiger partial charge in [0.15, 0.2) is 0 Å². The SMILES string of the molecule is CC(=O)N(C)C1CCCN(c2cccc(Br)c2)C1. The highest BCUT2D eigenvalue weighted by molar-refractivity contribution is 9.10. The van der Waals surface area contributed by atoms with Gasteiger partial charge in [-0.1, -0.05) is 22.0 Å². The van der Waals surface area contributed by atoms with E-state index in [1.165, 1.54) is 5.69 Å². The number of likely N-dealkylation sites (N-methyl/N-ethyl adjacent to an activating group) is 1. The predicted molar refractivity (Wildman–Crippen MR) is 77.8 cm³/mol. The molecule has 1 heterocycles. The van der Waals surface area contributed by atoms with Crippen LogP contribution < -0.4 is 4.90 Å². The summed E-state index contributed by atoms with van der Waals surface area (Å²) in [6.07, 6.45) is 2.23. The zero-order chi connectivity index (χ0) is 13.1. The summed E-state index contributed by atoms with van der Waals surface area (Å²) < 4.78 is 1.10. The van der Waals surface area contributed by atoms with Gasteiger partial charge in [-0.05, 0) is 31.0 Å². The smallest absolute Gasteiger partial charge is 0.219 e. The molecule has 2 rings (SSSR count). The first-order chi connectivity index (χ1) is 8.58. The molecule has 0 spiro atoms. The lowest BCUT2D eigenvalue weighted by atomic mass is 10.0. The fraction of sp³-hybridized carbons (Fsp3) is 0.500. The van der Waals surface area contributed by atoms with Crippen molar-refractivity contribution in [1.29, 1.82) is 0 Å². The maximum absolute atomic E-state index is 11.4. The van der Waals surface area contributed by atoms with Crippen molar-refractivity contribution in [3.8, 4) is 0 Å². The molecule has 1 aromatic carbocycles. The number of nitrogens with zero attached hydrogens (tertiary/aromatic N) is 2. The highest BCUT2D eigenvalue weighted by Gasteiger charge is 2.24. The molecule has 1 fully saturated rings. The summed E-state index contributed by atoms with van der Waals surface area (Å²) in [4.78, 5) is 15.7. The molecule has 18 heavy (non-hydrogen) atoms. The molecule has 98 valence electrons. The van der Waals surface area contributed by atoms with Crippen LogP contribution in [0.1, 0.15) is 19.8 Å². The summed E-state index contributed by atoms with van der Waals surface area (Å²) in [5.41, 5.74) is 1.23. The molecule has 0 radical (unpaired) electrons. The summed E-state index contributed by atoms with van der Waals surface area (Å²) in [7, 11) is 1.90. The van der Waals surface area contributed by atoms with Crippen LogP contribution in [0.5, 0.6) is 0 Å². The second-order valence-electron chi connectivity index (χ2n) is 4.85. The van der Waals surface area contributed by atoms with Crippen molar-refractivity contribution < 1.29 is 4.79 Å². The number of carbonyl (C=O) groups is 1. The van der Waals surface area contributed by atoms with Crippen molar-refractivity contribution in [3.63, 3.8) is 0 Å². The number of carbonyl (C=O) groups excluding carboxylic acids is 1. The Morgan fingerprint density at radius 2 is 2.28 bits per heavy atom. The van der Waals surface area contributed by atoms with E-state index in [2.05, 4.69) is 39.0 Å². The Morgan fingerprint density at radius 3 is 2.94 bits per heavy atom. The van der Waals surface area contributed by atoms with E-state index in [-0.39, 0.29) is 5.91 Å². The van der Waals surface area contributed by atoms with Crippen molar-refractivity contribution in [2.45, 2.75) is 25.8 Å². The summed E-state index contributed by atoms with van der Waals surface area (Å²) in [6.45, 7) is 3.63. The molecule has 1 aliphatic heterocycles. The van der Waals surface area contributed by atoms with Gasteiger partial charge < -0.3 is 9.80 Å². The molecular weight excluding hydrogens is 292 g/mol. The van der Waals surface area contributed by atoms with E-state index in [1.54, 1.807) is 6.92 Å². The van der Waals surface area contributed by atoms with Gasteiger partial charge in [-0.2, -0.15) is 0 Å². The minimum absolute atomic E-state index is 0.149. The van der Waals surface area contributed by atoms with Crippen LogP contribution in [0.15, 0.2) is 28.7 Å². The molecule has 1 unspecified atom stereocenters.